The first-order valence-corrected chi connectivity index (χ1v) is 7.56. The van der Waals surface area contributed by atoms with E-state index in [0.29, 0.717) is 0 Å². The van der Waals surface area contributed by atoms with E-state index in [1.807, 2.05) is 0 Å². The van der Waals surface area contributed by atoms with Crippen molar-refractivity contribution in [2.24, 2.45) is 0 Å². The van der Waals surface area contributed by atoms with Gasteiger partial charge in [0.25, 0.3) is 5.08 Å². The number of nitrogens with zero attached hydrogens (tertiary/aromatic N) is 2. The summed E-state index contributed by atoms with van der Waals surface area (Å²) < 4.78 is 22.7. The van der Waals surface area contributed by atoms with Crippen molar-refractivity contribution < 1.29 is 38.6 Å². The molecule has 0 amide bonds. The molecular formula is C6H10N2O8P2. The zero-order valence-electron chi connectivity index (χ0n) is 8.69. The zero-order valence-corrected chi connectivity index (χ0v) is 10.5. The van der Waals surface area contributed by atoms with Crippen molar-refractivity contribution in [2.75, 3.05) is 0 Å². The van der Waals surface area contributed by atoms with E-state index < -0.39 is 32.6 Å². The number of hydrogen-bond acceptors (Lipinski definition) is 5. The van der Waals surface area contributed by atoms with Gasteiger partial charge in [0, 0.05) is 12.4 Å². The van der Waals surface area contributed by atoms with Crippen LogP contribution in [0.15, 0.2) is 18.7 Å². The molecule has 0 atom stereocenters. The number of hydrogen-bond donors (Lipinski definition) is 5. The van der Waals surface area contributed by atoms with Gasteiger partial charge in [-0.3, -0.25) is 18.5 Å². The van der Waals surface area contributed by atoms with E-state index in [4.69, 9.17) is 19.6 Å². The summed E-state index contributed by atoms with van der Waals surface area (Å²) in [5, 5.41) is 5.72. The van der Waals surface area contributed by atoms with Gasteiger partial charge in [-0.1, -0.05) is 0 Å². The fraction of sp³-hybridized carbons (Fsp3) is 0.333. The van der Waals surface area contributed by atoms with Gasteiger partial charge in [0.2, 0.25) is 5.91 Å². The van der Waals surface area contributed by atoms with Crippen LogP contribution in [0, 0.1) is 0 Å². The minimum absolute atomic E-state index is 0.732. The summed E-state index contributed by atoms with van der Waals surface area (Å²) in [6, 6.07) is 0. The third-order valence-corrected chi connectivity index (χ3v) is 5.86. The van der Waals surface area contributed by atoms with Crippen LogP contribution < -0.4 is 0 Å². The minimum atomic E-state index is -5.63. The highest BCUT2D eigenvalue weighted by molar-refractivity contribution is 7.72. The van der Waals surface area contributed by atoms with Gasteiger partial charge in [-0.15, -0.1) is 0 Å². The lowest BCUT2D eigenvalue weighted by Gasteiger charge is -2.28. The molecule has 1 aromatic heterocycles. The van der Waals surface area contributed by atoms with Gasteiger partial charge in [0.15, 0.2) is 0 Å². The summed E-state index contributed by atoms with van der Waals surface area (Å²) in [5.74, 6) is -1.12. The minimum Gasteiger partial charge on any atom is -0.367 e. The second kappa shape index (κ2) is 4.67. The molecule has 10 nitrogen and oxygen atoms in total. The molecule has 0 saturated carbocycles. The maximum atomic E-state index is 11.5. The molecule has 0 saturated heterocycles. The maximum absolute atomic E-state index is 11.5. The lowest BCUT2D eigenvalue weighted by Crippen LogP contribution is -2.33. The largest absolute Gasteiger partial charge is 0.370 e. The molecule has 102 valence electrons. The van der Waals surface area contributed by atoms with Gasteiger partial charge >= 0.3 is 15.2 Å². The van der Waals surface area contributed by atoms with E-state index in [1.165, 1.54) is 6.20 Å². The van der Waals surface area contributed by atoms with Crippen LogP contribution in [0.25, 0.3) is 0 Å². The van der Waals surface area contributed by atoms with Gasteiger partial charge in [0.05, 0.1) is 6.42 Å². The Labute approximate surface area is 100 Å². The van der Waals surface area contributed by atoms with Crippen LogP contribution >= 0.6 is 15.2 Å². The summed E-state index contributed by atoms with van der Waals surface area (Å²) in [7, 11) is -11.3. The number of aromatic nitrogens is 2. The molecule has 1 aromatic rings. The molecule has 0 aliphatic rings. The number of imidazole rings is 1. The summed E-state index contributed by atoms with van der Waals surface area (Å²) in [4.78, 5) is 50.2. The average molecular weight is 300 g/mol. The van der Waals surface area contributed by atoms with Gasteiger partial charge < -0.3 is 24.7 Å². The highest BCUT2D eigenvalue weighted by Crippen LogP contribution is 2.68. The molecule has 1 rings (SSSR count). The van der Waals surface area contributed by atoms with Gasteiger partial charge in [-0.05, 0) is 0 Å². The van der Waals surface area contributed by atoms with E-state index in [1.54, 1.807) is 0 Å². The standard InChI is InChI=1S/C6H10N2O8P2/c9-5(8-2-1-7-4-8)3-6(10,17(11,12)13)18(14,15)16/h1-2,4,10H,3H2,(H2,11,12,13)(H2,14,15,16). The van der Waals surface area contributed by atoms with Crippen molar-refractivity contribution in [1.82, 2.24) is 9.55 Å². The first kappa shape index (κ1) is 15.2. The topological polar surface area (TPSA) is 170 Å². The van der Waals surface area contributed by atoms with Crippen molar-refractivity contribution in [3.8, 4) is 0 Å². The zero-order chi connectivity index (χ0) is 14.2. The lowest BCUT2D eigenvalue weighted by molar-refractivity contribution is 0.0743. The monoisotopic (exact) mass is 300 g/mol. The number of carbonyl (C=O) groups excluding carboxylic acids is 1. The molecule has 0 aliphatic heterocycles. The number of aliphatic hydroxyl groups is 1. The molecule has 0 unspecified atom stereocenters. The molecule has 0 spiro atoms. The summed E-state index contributed by atoms with van der Waals surface area (Å²) in [5.41, 5.74) is 0. The molecule has 0 radical (unpaired) electrons. The van der Waals surface area contributed by atoms with E-state index in [0.717, 1.165) is 17.1 Å². The molecular weight excluding hydrogens is 290 g/mol. The molecule has 18 heavy (non-hydrogen) atoms. The smallest absolute Gasteiger partial charge is 0.367 e. The Hall–Kier alpha value is -0.860. The van der Waals surface area contributed by atoms with Gasteiger partial charge in [-0.2, -0.15) is 0 Å². The third-order valence-electron chi connectivity index (χ3n) is 2.11. The lowest BCUT2D eigenvalue weighted by atomic mass is 10.4. The van der Waals surface area contributed by atoms with E-state index in [9.17, 15) is 19.0 Å². The quantitative estimate of drug-likeness (QED) is 0.433. The summed E-state index contributed by atoms with van der Waals surface area (Å²) in [6.45, 7) is 0. The second-order valence-electron chi connectivity index (χ2n) is 3.40. The molecule has 5 N–H and O–H groups in total. The molecule has 0 bridgehead atoms. The normalized spacial score (nSPS) is 13.6. The van der Waals surface area contributed by atoms with Crippen LogP contribution in [-0.4, -0.2) is 45.2 Å². The van der Waals surface area contributed by atoms with E-state index in [-0.39, 0.29) is 0 Å². The Morgan fingerprint density at radius 2 is 1.72 bits per heavy atom. The van der Waals surface area contributed by atoms with Crippen molar-refractivity contribution in [3.63, 3.8) is 0 Å². The van der Waals surface area contributed by atoms with Gasteiger partial charge in [0.1, 0.15) is 6.33 Å². The molecule has 0 aliphatic carbocycles. The van der Waals surface area contributed by atoms with E-state index in [2.05, 4.69) is 4.98 Å². The fourth-order valence-electron chi connectivity index (χ4n) is 1.08. The second-order valence-corrected chi connectivity index (χ2v) is 7.41. The Kier molecular flexibility index (Phi) is 3.94. The van der Waals surface area contributed by atoms with Crippen LogP contribution in [-0.2, 0) is 9.13 Å². The Bertz CT molecular complexity index is 506. The highest BCUT2D eigenvalue weighted by atomic mass is 31.2. The van der Waals surface area contributed by atoms with Crippen molar-refractivity contribution >= 4 is 21.1 Å². The van der Waals surface area contributed by atoms with Gasteiger partial charge in [-0.25, -0.2) is 4.98 Å². The van der Waals surface area contributed by atoms with E-state index >= 15 is 0 Å². The Balaban J connectivity index is 3.13. The van der Waals surface area contributed by atoms with Crippen LogP contribution in [0.5, 0.6) is 0 Å². The Morgan fingerprint density at radius 1 is 1.22 bits per heavy atom. The molecule has 0 aromatic carbocycles. The van der Waals surface area contributed by atoms with Crippen molar-refractivity contribution in [2.45, 2.75) is 11.5 Å². The average Bonchev–Trinajstić information content (AvgIpc) is 2.66. The maximum Gasteiger partial charge on any atom is 0.370 e. The van der Waals surface area contributed by atoms with Crippen LogP contribution in [0.4, 0.5) is 0 Å². The predicted molar refractivity (Wildman–Crippen MR) is 56.5 cm³/mol. The molecule has 0 fully saturated rings. The summed E-state index contributed by atoms with van der Waals surface area (Å²) in [6.07, 6.45) is 1.79. The van der Waals surface area contributed by atoms with Crippen LogP contribution in [0.2, 0.25) is 0 Å². The van der Waals surface area contributed by atoms with Crippen LogP contribution in [0.1, 0.15) is 11.2 Å². The molecule has 12 heteroatoms. The Morgan fingerprint density at radius 3 is 2.06 bits per heavy atom. The third kappa shape index (κ3) is 2.76. The molecule has 1 heterocycles. The fourth-order valence-corrected chi connectivity index (χ4v) is 3.12. The first-order valence-electron chi connectivity index (χ1n) is 4.34. The van der Waals surface area contributed by atoms with Crippen molar-refractivity contribution in [3.05, 3.63) is 18.7 Å². The predicted octanol–water partition coefficient (Wildman–Crippen LogP) is -1.09. The SMILES string of the molecule is O=C(CC(O)(P(=O)(O)O)P(=O)(O)O)n1ccnc1. The summed E-state index contributed by atoms with van der Waals surface area (Å²) >= 11 is 0. The number of carbonyl (C=O) groups is 1. The first-order chi connectivity index (χ1) is 7.99. The van der Waals surface area contributed by atoms with Crippen LogP contribution in [0.3, 0.4) is 0 Å². The van der Waals surface area contributed by atoms with Crippen molar-refractivity contribution in [1.29, 1.82) is 0 Å². The highest BCUT2D eigenvalue weighted by Gasteiger charge is 2.60. The number of rotatable bonds is 4.